The molecule has 5 nitrogen and oxygen atoms in total. The molecule has 1 saturated heterocycles. The van der Waals surface area contributed by atoms with Gasteiger partial charge in [0, 0.05) is 20.1 Å². The van der Waals surface area contributed by atoms with Crippen molar-refractivity contribution in [3.05, 3.63) is 23.5 Å². The highest BCUT2D eigenvalue weighted by Gasteiger charge is 2.20. The lowest BCUT2D eigenvalue weighted by atomic mass is 10.1. The Bertz CT molecular complexity index is 501. The van der Waals surface area contributed by atoms with Gasteiger partial charge in [0.25, 0.3) is 0 Å². The van der Waals surface area contributed by atoms with Crippen molar-refractivity contribution in [3.8, 4) is 0 Å². The molecule has 0 bridgehead atoms. The monoisotopic (exact) mass is 281 g/mol. The number of likely N-dealkylation sites (N-methyl/N-ethyl adjacent to an activating group) is 1. The van der Waals surface area contributed by atoms with E-state index in [2.05, 4.69) is 4.90 Å². The molecule has 0 spiro atoms. The molecule has 20 heavy (non-hydrogen) atoms. The molecule has 0 amide bonds. The second-order valence-electron chi connectivity index (χ2n) is 5.13. The average molecular weight is 281 g/mol. The third kappa shape index (κ3) is 3.01. The molecule has 6 heteroatoms. The van der Waals surface area contributed by atoms with E-state index in [1.165, 1.54) is 25.0 Å². The van der Waals surface area contributed by atoms with Crippen molar-refractivity contribution in [1.29, 1.82) is 0 Å². The van der Waals surface area contributed by atoms with Crippen LogP contribution in [0.5, 0.6) is 0 Å². The van der Waals surface area contributed by atoms with E-state index in [1.54, 1.807) is 7.05 Å². The summed E-state index contributed by atoms with van der Waals surface area (Å²) in [6, 6.07) is 2.68. The van der Waals surface area contributed by atoms with Gasteiger partial charge in [0.05, 0.1) is 11.4 Å². The Balaban J connectivity index is 2.14. The maximum atomic E-state index is 13.4. The lowest BCUT2D eigenvalue weighted by molar-refractivity contribution is 0.0698. The minimum Gasteiger partial charge on any atom is -0.478 e. The number of nitrogen functional groups attached to an aromatic ring is 1. The molecule has 1 fully saturated rings. The molecule has 1 aromatic carbocycles. The average Bonchev–Trinajstić information content (AvgIpc) is 2.91. The fourth-order valence-electron chi connectivity index (χ4n) is 2.54. The summed E-state index contributed by atoms with van der Waals surface area (Å²) in [5, 5.41) is 9.22. The summed E-state index contributed by atoms with van der Waals surface area (Å²) in [5.74, 6) is -1.90. The van der Waals surface area contributed by atoms with Crippen molar-refractivity contribution in [1.82, 2.24) is 4.90 Å². The van der Waals surface area contributed by atoms with E-state index >= 15 is 0 Å². The quantitative estimate of drug-likeness (QED) is 0.803. The van der Waals surface area contributed by atoms with Crippen LogP contribution in [-0.2, 0) is 0 Å². The van der Waals surface area contributed by atoms with E-state index in [-0.39, 0.29) is 11.3 Å². The second kappa shape index (κ2) is 6.09. The van der Waals surface area contributed by atoms with E-state index < -0.39 is 11.8 Å². The molecule has 3 N–H and O–H groups in total. The molecule has 2 rings (SSSR count). The van der Waals surface area contributed by atoms with E-state index in [0.717, 1.165) is 19.6 Å². The van der Waals surface area contributed by atoms with Gasteiger partial charge in [0.2, 0.25) is 0 Å². The molecular weight excluding hydrogens is 261 g/mol. The van der Waals surface area contributed by atoms with Gasteiger partial charge in [-0.15, -0.1) is 0 Å². The largest absolute Gasteiger partial charge is 0.478 e. The molecule has 1 aromatic rings. The molecule has 0 radical (unpaired) electrons. The van der Waals surface area contributed by atoms with Crippen LogP contribution in [0.25, 0.3) is 0 Å². The predicted octanol–water partition coefficient (Wildman–Crippen LogP) is 1.64. The minimum absolute atomic E-state index is 0.158. The number of hydrogen-bond donors (Lipinski definition) is 2. The van der Waals surface area contributed by atoms with Gasteiger partial charge in [-0.1, -0.05) is 0 Å². The summed E-state index contributed by atoms with van der Waals surface area (Å²) in [6.45, 7) is 3.73. The second-order valence-corrected chi connectivity index (χ2v) is 5.13. The number of halogens is 1. The third-order valence-corrected chi connectivity index (χ3v) is 3.75. The van der Waals surface area contributed by atoms with Gasteiger partial charge in [0.15, 0.2) is 0 Å². The summed E-state index contributed by atoms with van der Waals surface area (Å²) in [4.78, 5) is 15.4. The maximum absolute atomic E-state index is 13.4. The molecule has 1 aliphatic heterocycles. The van der Waals surface area contributed by atoms with Crippen molar-refractivity contribution in [2.45, 2.75) is 12.8 Å². The predicted molar refractivity (Wildman–Crippen MR) is 76.7 cm³/mol. The smallest absolute Gasteiger partial charge is 0.340 e. The topological polar surface area (TPSA) is 69.8 Å². The van der Waals surface area contributed by atoms with E-state index in [4.69, 9.17) is 5.73 Å². The van der Waals surface area contributed by atoms with Crippen LogP contribution in [-0.4, -0.2) is 49.2 Å². The van der Waals surface area contributed by atoms with Gasteiger partial charge in [0.1, 0.15) is 11.4 Å². The molecule has 0 atom stereocenters. The number of anilines is 2. The Morgan fingerprint density at radius 1 is 1.45 bits per heavy atom. The van der Waals surface area contributed by atoms with Crippen molar-refractivity contribution >= 4 is 17.3 Å². The molecule has 1 aliphatic rings. The van der Waals surface area contributed by atoms with E-state index in [1.807, 2.05) is 4.90 Å². The summed E-state index contributed by atoms with van der Waals surface area (Å²) >= 11 is 0. The van der Waals surface area contributed by atoms with Gasteiger partial charge >= 0.3 is 5.97 Å². The molecule has 0 aliphatic carbocycles. The normalized spacial score (nSPS) is 15.5. The maximum Gasteiger partial charge on any atom is 0.340 e. The van der Waals surface area contributed by atoms with Gasteiger partial charge in [-0.25, -0.2) is 9.18 Å². The Morgan fingerprint density at radius 2 is 2.10 bits per heavy atom. The lowest BCUT2D eigenvalue weighted by Gasteiger charge is -2.25. The van der Waals surface area contributed by atoms with Crippen LogP contribution >= 0.6 is 0 Å². The number of carboxylic acid groups (broad SMARTS) is 1. The zero-order valence-electron chi connectivity index (χ0n) is 11.6. The Morgan fingerprint density at radius 3 is 2.70 bits per heavy atom. The Labute approximate surface area is 117 Å². The van der Waals surface area contributed by atoms with Gasteiger partial charge in [-0.3, -0.25) is 0 Å². The fraction of sp³-hybridized carbons (Fsp3) is 0.500. The summed E-state index contributed by atoms with van der Waals surface area (Å²) in [6.07, 6.45) is 2.43. The molecule has 0 aromatic heterocycles. The van der Waals surface area contributed by atoms with Crippen LogP contribution in [0.1, 0.15) is 23.2 Å². The number of nitrogens with zero attached hydrogens (tertiary/aromatic N) is 2. The highest BCUT2D eigenvalue weighted by atomic mass is 19.1. The van der Waals surface area contributed by atoms with Crippen LogP contribution in [0.3, 0.4) is 0 Å². The number of carbonyl (C=O) groups is 1. The first-order chi connectivity index (χ1) is 9.50. The van der Waals surface area contributed by atoms with Crippen molar-refractivity contribution in [3.63, 3.8) is 0 Å². The molecule has 0 saturated carbocycles. The first-order valence-electron chi connectivity index (χ1n) is 6.75. The summed E-state index contributed by atoms with van der Waals surface area (Å²) in [5.41, 5.74) is 5.54. The number of nitrogens with two attached hydrogens (primary N) is 1. The standard InChI is InChI=1S/C14H20FN3O2/c1-17(8-9-18-6-2-3-7-18)11-5-4-10(15)13(16)12(11)14(19)20/h4-5H,2-3,6-9,16H2,1H3,(H,19,20). The van der Waals surface area contributed by atoms with Crippen LogP contribution in [0, 0.1) is 5.82 Å². The minimum atomic E-state index is -1.20. The van der Waals surface area contributed by atoms with Crippen LogP contribution < -0.4 is 10.6 Å². The lowest BCUT2D eigenvalue weighted by Crippen LogP contribution is -2.32. The zero-order valence-corrected chi connectivity index (χ0v) is 11.6. The first-order valence-corrected chi connectivity index (χ1v) is 6.75. The molecular formula is C14H20FN3O2. The van der Waals surface area contributed by atoms with Gasteiger partial charge < -0.3 is 20.6 Å². The number of aromatic carboxylic acids is 1. The van der Waals surface area contributed by atoms with Gasteiger partial charge in [-0.2, -0.15) is 0 Å². The number of hydrogen-bond acceptors (Lipinski definition) is 4. The van der Waals surface area contributed by atoms with E-state index in [0.29, 0.717) is 12.2 Å². The SMILES string of the molecule is CN(CCN1CCCC1)c1ccc(F)c(N)c1C(=O)O. The number of carboxylic acids is 1. The highest BCUT2D eigenvalue weighted by molar-refractivity contribution is 6.00. The Hall–Kier alpha value is -1.82. The first kappa shape index (κ1) is 14.6. The zero-order chi connectivity index (χ0) is 14.7. The van der Waals surface area contributed by atoms with Crippen LogP contribution in [0.15, 0.2) is 12.1 Å². The van der Waals surface area contributed by atoms with Crippen molar-refractivity contribution in [2.75, 3.05) is 43.9 Å². The molecule has 110 valence electrons. The third-order valence-electron chi connectivity index (χ3n) is 3.75. The van der Waals surface area contributed by atoms with Crippen LogP contribution in [0.4, 0.5) is 15.8 Å². The molecule has 1 heterocycles. The summed E-state index contributed by atoms with van der Waals surface area (Å²) in [7, 11) is 1.80. The highest BCUT2D eigenvalue weighted by Crippen LogP contribution is 2.27. The number of rotatable bonds is 5. The van der Waals surface area contributed by atoms with Crippen molar-refractivity contribution < 1.29 is 14.3 Å². The number of likely N-dealkylation sites (tertiary alicyclic amines) is 1. The fourth-order valence-corrected chi connectivity index (χ4v) is 2.54. The van der Waals surface area contributed by atoms with Crippen molar-refractivity contribution in [2.24, 2.45) is 0 Å². The molecule has 0 unspecified atom stereocenters. The number of benzene rings is 1. The van der Waals surface area contributed by atoms with Crippen LogP contribution in [0.2, 0.25) is 0 Å². The Kier molecular flexibility index (Phi) is 4.44. The summed E-state index contributed by atoms with van der Waals surface area (Å²) < 4.78 is 13.4. The van der Waals surface area contributed by atoms with E-state index in [9.17, 15) is 14.3 Å². The van der Waals surface area contributed by atoms with Gasteiger partial charge in [-0.05, 0) is 38.1 Å².